The Morgan fingerprint density at radius 1 is 0.855 bits per heavy atom. The number of benzene rings is 1. The number of Topliss-reactive ketones (excluding diaryl/α,β-unsaturated/α-hetero) is 1. The SMILES string of the molecule is CCC1OC(=O)[C@H](C)[C@H](OC2C[C@@](C)(OC)[C@@H](O)[C@H](C)O2)[C@H](C)[C@@H](OC2O[C@H](C)C[C@H](N(C)Cc3ccc(-c4cn(CCCCCCCCCC(=O)NO)nn4)cc3)[C@H]2O)[C@@](C)(OC)C[C@@H](C)C(=O)[C@H](C)[C@@H](O)[C@]1(C)O. The average Bonchev–Trinajstić information content (AvgIpc) is 3.88. The highest BCUT2D eigenvalue weighted by Gasteiger charge is 2.54. The number of hydrogen-bond donors (Lipinski definition) is 6. The Labute approximate surface area is 450 Å². The number of aliphatic hydroxyl groups excluding tert-OH is 3. The lowest BCUT2D eigenvalue weighted by atomic mass is 9.74. The molecule has 0 spiro atoms. The number of hydrogen-bond acceptors (Lipinski definition) is 18. The van der Waals surface area contributed by atoms with Crippen molar-refractivity contribution in [3.63, 3.8) is 0 Å². The van der Waals surface area contributed by atoms with Gasteiger partial charge in [0.1, 0.15) is 35.4 Å². The van der Waals surface area contributed by atoms with Gasteiger partial charge in [0.05, 0.1) is 53.8 Å². The minimum absolute atomic E-state index is 0.0666. The van der Waals surface area contributed by atoms with E-state index in [4.69, 9.17) is 38.4 Å². The summed E-state index contributed by atoms with van der Waals surface area (Å²) in [5, 5.41) is 64.4. The van der Waals surface area contributed by atoms with E-state index in [0.29, 0.717) is 19.4 Å². The quantitative estimate of drug-likeness (QED) is 0.0368. The van der Waals surface area contributed by atoms with Crippen molar-refractivity contribution in [1.29, 1.82) is 0 Å². The zero-order valence-corrected chi connectivity index (χ0v) is 47.6. The van der Waals surface area contributed by atoms with Crippen molar-refractivity contribution in [3.8, 4) is 11.3 Å². The van der Waals surface area contributed by atoms with E-state index in [2.05, 4.69) is 15.2 Å². The van der Waals surface area contributed by atoms with Crippen molar-refractivity contribution >= 4 is 17.7 Å². The smallest absolute Gasteiger partial charge is 0.311 e. The number of nitrogens with one attached hydrogen (secondary N) is 1. The Morgan fingerprint density at radius 3 is 2.11 bits per heavy atom. The van der Waals surface area contributed by atoms with Crippen molar-refractivity contribution in [2.45, 2.75) is 244 Å². The number of rotatable bonds is 21. The number of aryl methyl sites for hydroxylation is 1. The lowest BCUT2D eigenvalue weighted by molar-refractivity contribution is -0.319. The molecule has 1 aromatic heterocycles. The molecule has 3 fully saturated rings. The van der Waals surface area contributed by atoms with Crippen LogP contribution < -0.4 is 5.48 Å². The summed E-state index contributed by atoms with van der Waals surface area (Å²) in [4.78, 5) is 42.0. The number of esters is 1. The van der Waals surface area contributed by atoms with E-state index in [1.807, 2.05) is 56.0 Å². The van der Waals surface area contributed by atoms with Crippen molar-refractivity contribution in [3.05, 3.63) is 36.0 Å². The summed E-state index contributed by atoms with van der Waals surface area (Å²) in [6.07, 6.45) is -0.270. The van der Waals surface area contributed by atoms with Crippen LogP contribution in [0.2, 0.25) is 0 Å². The van der Waals surface area contributed by atoms with E-state index >= 15 is 0 Å². The zero-order valence-electron chi connectivity index (χ0n) is 47.6. The number of aromatic nitrogens is 3. The normalized spacial score (nSPS) is 37.2. The van der Waals surface area contributed by atoms with Crippen LogP contribution >= 0.6 is 0 Å². The van der Waals surface area contributed by atoms with Crippen LogP contribution in [-0.2, 0) is 60.6 Å². The van der Waals surface area contributed by atoms with Crippen molar-refractivity contribution in [1.82, 2.24) is 25.4 Å². The molecule has 3 saturated heterocycles. The summed E-state index contributed by atoms with van der Waals surface area (Å²) < 4.78 is 46.8. The van der Waals surface area contributed by atoms with Crippen molar-refractivity contribution in [2.75, 3.05) is 21.3 Å². The van der Waals surface area contributed by atoms with E-state index < -0.39 is 108 Å². The van der Waals surface area contributed by atoms with Gasteiger partial charge in [-0.15, -0.1) is 5.10 Å². The number of carbonyl (C=O) groups is 3. The molecular weight excluding hydrogens is 983 g/mol. The molecular formula is C56H93N5O15. The Kier molecular flexibility index (Phi) is 23.4. The number of aliphatic hydroxyl groups is 4. The summed E-state index contributed by atoms with van der Waals surface area (Å²) in [5.74, 6) is -5.08. The number of unbranched alkanes of at least 4 members (excludes halogenated alkanes) is 6. The van der Waals surface area contributed by atoms with Gasteiger partial charge in [0.25, 0.3) is 0 Å². The molecule has 0 aliphatic carbocycles. The lowest BCUT2D eigenvalue weighted by Crippen LogP contribution is -2.61. The Morgan fingerprint density at radius 2 is 1.49 bits per heavy atom. The molecule has 18 atom stereocenters. The third-order valence-electron chi connectivity index (χ3n) is 16.8. The van der Waals surface area contributed by atoms with Gasteiger partial charge in [0, 0.05) is 69.5 Å². The highest BCUT2D eigenvalue weighted by Crippen LogP contribution is 2.42. The monoisotopic (exact) mass is 1080 g/mol. The van der Waals surface area contributed by atoms with Crippen LogP contribution in [0.25, 0.3) is 11.3 Å². The van der Waals surface area contributed by atoms with Crippen molar-refractivity contribution < 1.29 is 73.2 Å². The minimum Gasteiger partial charge on any atom is -0.459 e. The highest BCUT2D eigenvalue weighted by atomic mass is 16.7. The van der Waals surface area contributed by atoms with Gasteiger partial charge in [-0.3, -0.25) is 29.2 Å². The van der Waals surface area contributed by atoms with Crippen LogP contribution in [0.3, 0.4) is 0 Å². The van der Waals surface area contributed by atoms with Gasteiger partial charge in [-0.1, -0.05) is 89.3 Å². The second-order valence-electron chi connectivity index (χ2n) is 22.9. The fourth-order valence-electron chi connectivity index (χ4n) is 11.7. The lowest BCUT2D eigenvalue weighted by Gasteiger charge is -2.50. The number of hydroxylamine groups is 1. The number of amides is 1. The van der Waals surface area contributed by atoms with Gasteiger partial charge < -0.3 is 53.6 Å². The molecule has 1 amide bonds. The maximum absolute atomic E-state index is 14.5. The Balaban J connectivity index is 1.36. The standard InChI is InChI=1S/C56H93N5O15/c1-14-43-56(10,68)49(65)35(4)46(63)33(2)29-55(9,71-13)51(36(5)48(37(6)52(67)74-43)75-45-30-54(8,70-12)50(66)38(7)73-45)76-53-47(64)42(28-34(3)72-53)60(11)31-39-23-25-40(26-24-39)41-32-61(59-57-41)27-21-19-17-15-16-18-20-22-44(62)58-69/h23-26,32-38,42-43,45,47-51,53,64-66,68-69H,14-22,27-31H2,1-13H3,(H,58,62)/t33-,34-,35+,36+,37-,38+,42+,43?,45?,47-,48-,49-,50+,51-,53?,54-,55+,56-/m1/s1. The van der Waals surface area contributed by atoms with E-state index in [-0.39, 0.29) is 37.1 Å². The summed E-state index contributed by atoms with van der Waals surface area (Å²) in [6.45, 7) is 18.3. The molecule has 3 aliphatic heterocycles. The summed E-state index contributed by atoms with van der Waals surface area (Å²) in [7, 11) is 4.96. The number of methoxy groups -OCH3 is 2. The molecule has 76 heavy (non-hydrogen) atoms. The van der Waals surface area contributed by atoms with Gasteiger partial charge in [0.15, 0.2) is 12.6 Å². The second-order valence-corrected chi connectivity index (χ2v) is 22.9. The van der Waals surface area contributed by atoms with E-state index in [1.54, 1.807) is 53.9 Å². The molecule has 0 bridgehead atoms. The van der Waals surface area contributed by atoms with Crippen LogP contribution in [0.15, 0.2) is 30.5 Å². The largest absolute Gasteiger partial charge is 0.459 e. The predicted molar refractivity (Wildman–Crippen MR) is 281 cm³/mol. The first-order valence-electron chi connectivity index (χ1n) is 27.7. The van der Waals surface area contributed by atoms with Gasteiger partial charge in [-0.25, -0.2) is 5.48 Å². The highest BCUT2D eigenvalue weighted by molar-refractivity contribution is 5.83. The van der Waals surface area contributed by atoms with E-state index in [1.165, 1.54) is 21.1 Å². The van der Waals surface area contributed by atoms with Gasteiger partial charge in [-0.2, -0.15) is 0 Å². The number of likely N-dealkylation sites (N-methyl/N-ethyl adjacent to an activating group) is 1. The first kappa shape index (κ1) is 63.3. The van der Waals surface area contributed by atoms with Crippen molar-refractivity contribution in [2.24, 2.45) is 23.7 Å². The molecule has 3 unspecified atom stereocenters. The first-order valence-corrected chi connectivity index (χ1v) is 27.7. The molecule has 2 aromatic rings. The molecule has 0 radical (unpaired) electrons. The number of ether oxygens (including phenoxy) is 7. The molecule has 20 heteroatoms. The molecule has 6 N–H and O–H groups in total. The Hall–Kier alpha value is -3.51. The number of ketones is 1. The molecule has 5 rings (SSSR count). The topological polar surface area (TPSA) is 263 Å². The zero-order chi connectivity index (χ0) is 56.3. The maximum Gasteiger partial charge on any atom is 0.311 e. The van der Waals surface area contributed by atoms with Gasteiger partial charge in [0.2, 0.25) is 5.91 Å². The number of nitrogens with zero attached hydrogens (tertiary/aromatic N) is 4. The van der Waals surface area contributed by atoms with Crippen LogP contribution in [0.4, 0.5) is 0 Å². The molecule has 20 nitrogen and oxygen atoms in total. The molecule has 432 valence electrons. The molecule has 4 heterocycles. The molecule has 0 saturated carbocycles. The van der Waals surface area contributed by atoms with Gasteiger partial charge in [-0.05, 0) is 86.3 Å². The summed E-state index contributed by atoms with van der Waals surface area (Å²) in [6, 6.07) is 7.67. The van der Waals surface area contributed by atoms with E-state index in [0.717, 1.165) is 68.3 Å². The van der Waals surface area contributed by atoms with Crippen LogP contribution in [0, 0.1) is 23.7 Å². The van der Waals surface area contributed by atoms with E-state index in [9.17, 15) is 34.8 Å². The summed E-state index contributed by atoms with van der Waals surface area (Å²) in [5.41, 5.74) is -0.0259. The first-order chi connectivity index (χ1) is 35.8. The predicted octanol–water partition coefficient (Wildman–Crippen LogP) is 5.89. The third kappa shape index (κ3) is 15.6. The fraction of sp³-hybridized carbons (Fsp3) is 0.804. The molecule has 1 aromatic carbocycles. The van der Waals surface area contributed by atoms with Crippen LogP contribution in [0.5, 0.6) is 0 Å². The number of carbonyl (C=O) groups excluding carboxylic acids is 3. The third-order valence-corrected chi connectivity index (χ3v) is 16.8. The van der Waals surface area contributed by atoms with Crippen LogP contribution in [0.1, 0.15) is 152 Å². The second kappa shape index (κ2) is 28.1. The number of cyclic esters (lactones) is 1. The maximum atomic E-state index is 14.5. The summed E-state index contributed by atoms with van der Waals surface area (Å²) >= 11 is 0. The fourth-order valence-corrected chi connectivity index (χ4v) is 11.7. The van der Waals surface area contributed by atoms with Gasteiger partial charge >= 0.3 is 5.97 Å². The molecule has 3 aliphatic rings. The Bertz CT molecular complexity index is 2130. The minimum atomic E-state index is -2.00. The average molecular weight is 1080 g/mol. The van der Waals surface area contributed by atoms with Crippen LogP contribution in [-0.4, -0.2) is 169 Å².